The molecule has 33 heavy (non-hydrogen) atoms. The Labute approximate surface area is 200 Å². The smallest absolute Gasteiger partial charge is 0.433 e. The number of halogens is 2. The standard InChI is InChI=1S/C23H19Cl2N4O4/c1-13-17(7-2-14(8-26)21(13)25)28-22(31)19-10-27-9-18(29(19,12-27)23(28)32)20(30)11-33-16-5-3-15(24)4-6-16/h2-7,18-19H,9-12H2,1H3/q+1. The molecule has 3 amide bonds. The number of quaternary nitrogens is 1. The number of nitriles is 1. The summed E-state index contributed by atoms with van der Waals surface area (Å²) < 4.78 is 5.38. The fourth-order valence-electron chi connectivity index (χ4n) is 5.11. The summed E-state index contributed by atoms with van der Waals surface area (Å²) in [6.07, 6.45) is 0. The van der Waals surface area contributed by atoms with Crippen molar-refractivity contribution >= 4 is 46.6 Å². The van der Waals surface area contributed by atoms with E-state index < -0.39 is 18.1 Å². The van der Waals surface area contributed by atoms with Crippen molar-refractivity contribution in [2.24, 2.45) is 0 Å². The van der Waals surface area contributed by atoms with Gasteiger partial charge in [-0.15, -0.1) is 0 Å². The molecule has 2 bridgehead atoms. The zero-order chi connectivity index (χ0) is 23.5. The zero-order valence-electron chi connectivity index (χ0n) is 17.6. The van der Waals surface area contributed by atoms with Gasteiger partial charge in [-0.3, -0.25) is 9.59 Å². The maximum absolute atomic E-state index is 13.8. The molecule has 2 aromatic rings. The number of rotatable bonds is 5. The number of fused-ring (bicyclic) bond motifs is 1. The van der Waals surface area contributed by atoms with E-state index in [0.29, 0.717) is 41.8 Å². The highest BCUT2D eigenvalue weighted by Crippen LogP contribution is 2.45. The molecule has 4 unspecified atom stereocenters. The number of Topliss-reactive ketones (excluding diaryl/α,β-unsaturated/α-hetero) is 1. The summed E-state index contributed by atoms with van der Waals surface area (Å²) in [5, 5.41) is 9.97. The van der Waals surface area contributed by atoms with Crippen LogP contribution in [0.5, 0.6) is 5.75 Å². The fourth-order valence-corrected chi connectivity index (χ4v) is 5.44. The van der Waals surface area contributed by atoms with Gasteiger partial charge >= 0.3 is 6.03 Å². The quantitative estimate of drug-likeness (QED) is 0.477. The van der Waals surface area contributed by atoms with Crippen molar-refractivity contribution in [3.63, 3.8) is 0 Å². The van der Waals surface area contributed by atoms with E-state index in [1.54, 1.807) is 37.3 Å². The molecule has 3 heterocycles. The van der Waals surface area contributed by atoms with Gasteiger partial charge in [-0.05, 0) is 48.9 Å². The van der Waals surface area contributed by atoms with Crippen LogP contribution >= 0.6 is 23.2 Å². The van der Waals surface area contributed by atoms with E-state index in [4.69, 9.17) is 27.9 Å². The molecule has 0 aliphatic carbocycles. The summed E-state index contributed by atoms with van der Waals surface area (Å²) in [7, 11) is 0. The molecule has 3 aliphatic heterocycles. The lowest BCUT2D eigenvalue weighted by Crippen LogP contribution is -2.63. The van der Waals surface area contributed by atoms with Crippen molar-refractivity contribution in [1.29, 1.82) is 5.26 Å². The second-order valence-corrected chi connectivity index (χ2v) is 9.30. The van der Waals surface area contributed by atoms with Crippen molar-refractivity contribution in [2.75, 3.05) is 31.3 Å². The second-order valence-electron chi connectivity index (χ2n) is 8.49. The first-order chi connectivity index (χ1) is 15.8. The van der Waals surface area contributed by atoms with E-state index in [0.717, 1.165) is 4.90 Å². The summed E-state index contributed by atoms with van der Waals surface area (Å²) in [5.74, 6) is -0.103. The van der Waals surface area contributed by atoms with Crippen molar-refractivity contribution in [2.45, 2.75) is 19.0 Å². The van der Waals surface area contributed by atoms with Crippen LogP contribution in [0.3, 0.4) is 0 Å². The van der Waals surface area contributed by atoms with Crippen LogP contribution in [-0.2, 0) is 9.59 Å². The molecule has 0 N–H and O–H groups in total. The summed E-state index contributed by atoms with van der Waals surface area (Å²) >= 11 is 12.2. The van der Waals surface area contributed by atoms with Crippen LogP contribution in [-0.4, -0.2) is 65.6 Å². The molecule has 5 rings (SSSR count). The summed E-state index contributed by atoms with van der Waals surface area (Å²) in [6, 6.07) is 9.90. The Bertz CT molecular complexity index is 1240. The molecular formula is C23H19Cl2N4O4+. The highest BCUT2D eigenvalue weighted by molar-refractivity contribution is 6.33. The Kier molecular flexibility index (Phi) is 5.18. The number of imide groups is 1. The Morgan fingerprint density at radius 1 is 1.18 bits per heavy atom. The van der Waals surface area contributed by atoms with Crippen LogP contribution in [0.4, 0.5) is 10.5 Å². The highest BCUT2D eigenvalue weighted by atomic mass is 35.5. The number of urea groups is 1. The van der Waals surface area contributed by atoms with Gasteiger partial charge in [0.05, 0.1) is 29.4 Å². The predicted octanol–water partition coefficient (Wildman–Crippen LogP) is 3.13. The number of ether oxygens (including phenoxy) is 1. The van der Waals surface area contributed by atoms with Crippen molar-refractivity contribution < 1.29 is 23.6 Å². The third-order valence-corrected chi connectivity index (χ3v) is 7.49. The van der Waals surface area contributed by atoms with Gasteiger partial charge in [0.2, 0.25) is 5.78 Å². The summed E-state index contributed by atoms with van der Waals surface area (Å²) in [4.78, 5) is 43.4. The third-order valence-electron chi connectivity index (χ3n) is 6.75. The first-order valence-electron chi connectivity index (χ1n) is 10.4. The number of hydrogen-bond donors (Lipinski definition) is 0. The molecule has 8 nitrogen and oxygen atoms in total. The Morgan fingerprint density at radius 2 is 1.91 bits per heavy atom. The molecule has 0 radical (unpaired) electrons. The molecule has 1 spiro atoms. The molecule has 3 saturated heterocycles. The van der Waals surface area contributed by atoms with Gasteiger partial charge in [-0.25, -0.2) is 14.2 Å². The monoisotopic (exact) mass is 485 g/mol. The number of piperazine rings is 1. The van der Waals surface area contributed by atoms with Gasteiger partial charge in [0.25, 0.3) is 5.91 Å². The van der Waals surface area contributed by atoms with Crippen LogP contribution in [0.25, 0.3) is 0 Å². The van der Waals surface area contributed by atoms with Gasteiger partial charge in [0, 0.05) is 5.02 Å². The molecular weight excluding hydrogens is 467 g/mol. The number of carbonyl (C=O) groups is 3. The van der Waals surface area contributed by atoms with Crippen LogP contribution in [0.15, 0.2) is 36.4 Å². The minimum Gasteiger partial charge on any atom is -0.486 e. The summed E-state index contributed by atoms with van der Waals surface area (Å²) in [5.41, 5.74) is 1.09. The van der Waals surface area contributed by atoms with Crippen molar-refractivity contribution in [3.8, 4) is 11.8 Å². The second kappa shape index (κ2) is 7.82. The number of nitrogens with zero attached hydrogens (tertiary/aromatic N) is 4. The summed E-state index contributed by atoms with van der Waals surface area (Å²) in [6.45, 7) is 2.55. The van der Waals surface area contributed by atoms with Crippen LogP contribution in [0.2, 0.25) is 10.0 Å². The van der Waals surface area contributed by atoms with Crippen molar-refractivity contribution in [1.82, 2.24) is 4.90 Å². The molecule has 10 heteroatoms. The van der Waals surface area contributed by atoms with E-state index in [2.05, 4.69) is 0 Å². The third kappa shape index (κ3) is 3.15. The first-order valence-corrected chi connectivity index (χ1v) is 11.1. The number of benzene rings is 2. The van der Waals surface area contributed by atoms with Gasteiger partial charge in [-0.1, -0.05) is 23.2 Å². The minimum absolute atomic E-state index is 0.203. The highest BCUT2D eigenvalue weighted by Gasteiger charge is 2.73. The normalized spacial score (nSPS) is 27.6. The largest absolute Gasteiger partial charge is 0.486 e. The van der Waals surface area contributed by atoms with E-state index in [1.807, 2.05) is 11.0 Å². The minimum atomic E-state index is -0.702. The molecule has 3 fully saturated rings. The number of ketones is 1. The Balaban J connectivity index is 1.44. The lowest BCUT2D eigenvalue weighted by atomic mass is 10.0. The first kappa shape index (κ1) is 21.9. The lowest BCUT2D eigenvalue weighted by Gasteiger charge is -2.32. The SMILES string of the molecule is Cc1c(N2C(=O)C3CN4CC(C(=O)COc5ccc(Cl)cc5)[N+]3(C4)C2=O)ccc(C#N)c1Cl. The van der Waals surface area contributed by atoms with E-state index in [1.165, 1.54) is 6.07 Å². The van der Waals surface area contributed by atoms with Gasteiger partial charge in [0.15, 0.2) is 18.7 Å². The number of amides is 3. The number of hydrogen-bond acceptors (Lipinski definition) is 6. The maximum Gasteiger partial charge on any atom is 0.433 e. The molecule has 0 saturated carbocycles. The molecule has 0 aromatic heterocycles. The molecule has 2 aromatic carbocycles. The average Bonchev–Trinajstić information content (AvgIpc) is 3.44. The lowest BCUT2D eigenvalue weighted by molar-refractivity contribution is -0.852. The average molecular weight is 486 g/mol. The zero-order valence-corrected chi connectivity index (χ0v) is 19.1. The van der Waals surface area contributed by atoms with E-state index in [9.17, 15) is 19.6 Å². The van der Waals surface area contributed by atoms with Crippen LogP contribution in [0.1, 0.15) is 11.1 Å². The fraction of sp³-hybridized carbons (Fsp3) is 0.304. The molecule has 168 valence electrons. The molecule has 3 aliphatic rings. The maximum atomic E-state index is 13.8. The van der Waals surface area contributed by atoms with Crippen LogP contribution < -0.4 is 9.64 Å². The topological polar surface area (TPSA) is 90.7 Å². The Hall–Kier alpha value is -2.96. The number of anilines is 1. The Morgan fingerprint density at radius 3 is 2.61 bits per heavy atom. The van der Waals surface area contributed by atoms with Gasteiger partial charge in [-0.2, -0.15) is 10.2 Å². The van der Waals surface area contributed by atoms with Crippen LogP contribution in [0, 0.1) is 18.3 Å². The van der Waals surface area contributed by atoms with Crippen molar-refractivity contribution in [3.05, 3.63) is 57.6 Å². The molecule has 4 atom stereocenters. The van der Waals surface area contributed by atoms with Gasteiger partial charge in [0.1, 0.15) is 18.5 Å². The predicted molar refractivity (Wildman–Crippen MR) is 120 cm³/mol. The van der Waals surface area contributed by atoms with E-state index >= 15 is 0 Å². The van der Waals surface area contributed by atoms with Gasteiger partial charge < -0.3 is 4.74 Å². The van der Waals surface area contributed by atoms with E-state index in [-0.39, 0.29) is 33.4 Å². The number of carbonyl (C=O) groups excluding carboxylic acids is 3.